The van der Waals surface area contributed by atoms with E-state index in [1.807, 2.05) is 13.1 Å². The minimum absolute atomic E-state index is 0.454. The predicted molar refractivity (Wildman–Crippen MR) is 97.8 cm³/mol. The van der Waals surface area contributed by atoms with Crippen molar-refractivity contribution < 1.29 is 0 Å². The summed E-state index contributed by atoms with van der Waals surface area (Å²) in [5, 5.41) is 3.46. The number of anilines is 2. The molecule has 0 bridgehead atoms. The van der Waals surface area contributed by atoms with Gasteiger partial charge in [0.2, 0.25) is 0 Å². The number of nitrogens with one attached hydrogen (secondary N) is 1. The Kier molecular flexibility index (Phi) is 4.27. The van der Waals surface area contributed by atoms with Crippen molar-refractivity contribution in [3.05, 3.63) is 35.8 Å². The number of likely N-dealkylation sites (N-methyl/N-ethyl adjacent to an activating group) is 1. The number of nitrogens with zero attached hydrogens (tertiary/aromatic N) is 3. The molecule has 1 saturated heterocycles. The van der Waals surface area contributed by atoms with Crippen LogP contribution in [0.2, 0.25) is 0 Å². The minimum atomic E-state index is 0.454. The number of aromatic nitrogens is 2. The van der Waals surface area contributed by atoms with Crippen molar-refractivity contribution in [1.82, 2.24) is 15.3 Å². The highest BCUT2D eigenvalue weighted by atomic mass is 15.3. The third-order valence-corrected chi connectivity index (χ3v) is 5.72. The van der Waals surface area contributed by atoms with Crippen LogP contribution in [0, 0.1) is 5.92 Å². The van der Waals surface area contributed by atoms with Crippen molar-refractivity contribution in [3.63, 3.8) is 0 Å². The average Bonchev–Trinajstić information content (AvgIpc) is 3.01. The van der Waals surface area contributed by atoms with Crippen molar-refractivity contribution in [2.75, 3.05) is 24.2 Å². The third-order valence-electron chi connectivity index (χ3n) is 5.72. The fourth-order valence-electron chi connectivity index (χ4n) is 4.40. The quantitative estimate of drug-likeness (QED) is 0.894. The number of nitrogens with two attached hydrogens (primary N) is 1. The van der Waals surface area contributed by atoms with Gasteiger partial charge in [-0.15, -0.1) is 0 Å². The summed E-state index contributed by atoms with van der Waals surface area (Å²) in [6, 6.07) is 2.39. The molecule has 2 heterocycles. The van der Waals surface area contributed by atoms with Crippen molar-refractivity contribution in [1.29, 1.82) is 0 Å². The molecule has 3 N–H and O–H groups in total. The van der Waals surface area contributed by atoms with Gasteiger partial charge in [-0.1, -0.05) is 31.4 Å². The van der Waals surface area contributed by atoms with Gasteiger partial charge in [-0.2, -0.15) is 0 Å². The molecule has 1 aromatic rings. The highest BCUT2D eigenvalue weighted by Crippen LogP contribution is 2.38. The fraction of sp³-hybridized carbons (Fsp3) is 0.579. The van der Waals surface area contributed by atoms with Gasteiger partial charge >= 0.3 is 0 Å². The molecule has 0 aromatic carbocycles. The highest BCUT2D eigenvalue weighted by Gasteiger charge is 2.37. The Morgan fingerprint density at radius 3 is 2.83 bits per heavy atom. The number of nitrogen functional groups attached to an aromatic ring is 1. The molecule has 1 aromatic heterocycles. The highest BCUT2D eigenvalue weighted by molar-refractivity contribution is 5.56. The van der Waals surface area contributed by atoms with Crippen molar-refractivity contribution in [2.45, 2.75) is 50.5 Å². The number of hydrogen-bond acceptors (Lipinski definition) is 5. The van der Waals surface area contributed by atoms with E-state index in [9.17, 15) is 0 Å². The summed E-state index contributed by atoms with van der Waals surface area (Å²) in [6.45, 7) is 0.940. The largest absolute Gasteiger partial charge is 0.384 e. The van der Waals surface area contributed by atoms with E-state index in [2.05, 4.69) is 33.4 Å². The molecule has 2 atom stereocenters. The summed E-state index contributed by atoms with van der Waals surface area (Å²) in [5.74, 6) is 3.50. The Morgan fingerprint density at radius 1 is 1.21 bits per heavy atom. The number of allylic oxidation sites excluding steroid dienone is 3. The molecule has 0 amide bonds. The van der Waals surface area contributed by atoms with Crippen LogP contribution in [-0.4, -0.2) is 29.6 Å². The SMILES string of the molecule is CNC1CN(c2cc(N)nc(C3CCCCC3)n2)C2=CC=CCC21. The Balaban J connectivity index is 1.67. The first-order valence-corrected chi connectivity index (χ1v) is 9.22. The molecule has 24 heavy (non-hydrogen) atoms. The van der Waals surface area contributed by atoms with Crippen molar-refractivity contribution in [2.24, 2.45) is 5.92 Å². The van der Waals surface area contributed by atoms with E-state index in [0.29, 0.717) is 23.7 Å². The van der Waals surface area contributed by atoms with Crippen LogP contribution in [0.5, 0.6) is 0 Å². The maximum atomic E-state index is 6.14. The zero-order chi connectivity index (χ0) is 16.5. The molecule has 4 rings (SSSR count). The lowest BCUT2D eigenvalue weighted by Gasteiger charge is -2.25. The lowest BCUT2D eigenvalue weighted by molar-refractivity contribution is 0.429. The zero-order valence-electron chi connectivity index (χ0n) is 14.4. The summed E-state index contributed by atoms with van der Waals surface area (Å²) in [4.78, 5) is 11.8. The molecule has 0 radical (unpaired) electrons. The van der Waals surface area contributed by atoms with Crippen LogP contribution in [-0.2, 0) is 0 Å². The van der Waals surface area contributed by atoms with Crippen LogP contribution in [0.4, 0.5) is 11.6 Å². The van der Waals surface area contributed by atoms with Crippen LogP contribution in [0.25, 0.3) is 0 Å². The smallest absolute Gasteiger partial charge is 0.138 e. The maximum Gasteiger partial charge on any atom is 0.138 e. The molecule has 2 unspecified atom stereocenters. The third kappa shape index (κ3) is 2.81. The number of rotatable bonds is 3. The van der Waals surface area contributed by atoms with E-state index < -0.39 is 0 Å². The van der Waals surface area contributed by atoms with Gasteiger partial charge in [-0.25, -0.2) is 9.97 Å². The average molecular weight is 325 g/mol. The van der Waals surface area contributed by atoms with E-state index in [1.165, 1.54) is 37.8 Å². The lowest BCUT2D eigenvalue weighted by Crippen LogP contribution is -2.33. The van der Waals surface area contributed by atoms with Gasteiger partial charge < -0.3 is 16.0 Å². The van der Waals surface area contributed by atoms with Crippen LogP contribution in [0.1, 0.15) is 50.3 Å². The molecular weight excluding hydrogens is 298 g/mol. The first-order valence-electron chi connectivity index (χ1n) is 9.22. The number of hydrogen-bond donors (Lipinski definition) is 2. The second-order valence-corrected chi connectivity index (χ2v) is 7.21. The van der Waals surface area contributed by atoms with Gasteiger partial charge in [-0.3, -0.25) is 0 Å². The number of fused-ring (bicyclic) bond motifs is 1. The van der Waals surface area contributed by atoms with Gasteiger partial charge in [0.1, 0.15) is 17.5 Å². The van der Waals surface area contributed by atoms with Crippen LogP contribution >= 0.6 is 0 Å². The first-order chi connectivity index (χ1) is 11.8. The van der Waals surface area contributed by atoms with Gasteiger partial charge in [0.05, 0.1) is 0 Å². The summed E-state index contributed by atoms with van der Waals surface area (Å²) in [7, 11) is 2.05. The maximum absolute atomic E-state index is 6.14. The summed E-state index contributed by atoms with van der Waals surface area (Å²) in [6.07, 6.45) is 14.0. The Hall–Kier alpha value is -1.88. The zero-order valence-corrected chi connectivity index (χ0v) is 14.4. The van der Waals surface area contributed by atoms with Crippen LogP contribution in [0.15, 0.2) is 30.0 Å². The van der Waals surface area contributed by atoms with Crippen LogP contribution < -0.4 is 16.0 Å². The standard InChI is InChI=1S/C19H27N5/c1-21-15-12-24(16-10-6-5-9-14(15)16)18-11-17(20)22-19(23-18)13-7-3-2-4-8-13/h5-6,10-11,13-15,21H,2-4,7-9,12H2,1H3,(H2,20,22,23). The normalized spacial score (nSPS) is 27.2. The molecule has 2 aliphatic carbocycles. The topological polar surface area (TPSA) is 67.1 Å². The molecule has 128 valence electrons. The minimum Gasteiger partial charge on any atom is -0.384 e. The Labute approximate surface area is 144 Å². The Bertz CT molecular complexity index is 660. The molecule has 5 heteroatoms. The molecule has 2 fully saturated rings. The first kappa shape index (κ1) is 15.6. The van der Waals surface area contributed by atoms with E-state index in [-0.39, 0.29) is 0 Å². The van der Waals surface area contributed by atoms with E-state index >= 15 is 0 Å². The van der Waals surface area contributed by atoms with Crippen molar-refractivity contribution >= 4 is 11.6 Å². The molecular formula is C19H27N5. The van der Waals surface area contributed by atoms with Gasteiger partial charge in [0, 0.05) is 36.2 Å². The van der Waals surface area contributed by atoms with E-state index in [4.69, 9.17) is 10.7 Å². The summed E-state index contributed by atoms with van der Waals surface area (Å²) < 4.78 is 0. The fourth-order valence-corrected chi connectivity index (χ4v) is 4.40. The predicted octanol–water partition coefficient (Wildman–Crippen LogP) is 2.97. The van der Waals surface area contributed by atoms with Gasteiger partial charge in [-0.05, 0) is 32.4 Å². The second kappa shape index (κ2) is 6.55. The molecule has 1 saturated carbocycles. The Morgan fingerprint density at radius 2 is 2.04 bits per heavy atom. The summed E-state index contributed by atoms with van der Waals surface area (Å²) >= 11 is 0. The monoisotopic (exact) mass is 325 g/mol. The van der Waals surface area contributed by atoms with Crippen LogP contribution in [0.3, 0.4) is 0 Å². The molecule has 0 spiro atoms. The van der Waals surface area contributed by atoms with E-state index in [0.717, 1.165) is 24.6 Å². The summed E-state index contributed by atoms with van der Waals surface area (Å²) in [5.41, 5.74) is 7.49. The van der Waals surface area contributed by atoms with Gasteiger partial charge in [0.25, 0.3) is 0 Å². The molecule has 5 nitrogen and oxygen atoms in total. The van der Waals surface area contributed by atoms with Gasteiger partial charge in [0.15, 0.2) is 0 Å². The van der Waals surface area contributed by atoms with Crippen molar-refractivity contribution in [3.8, 4) is 0 Å². The lowest BCUT2D eigenvalue weighted by atomic mass is 9.88. The molecule has 3 aliphatic rings. The van der Waals surface area contributed by atoms with E-state index in [1.54, 1.807) is 0 Å². The molecule has 1 aliphatic heterocycles. The second-order valence-electron chi connectivity index (χ2n) is 7.21.